The van der Waals surface area contributed by atoms with Gasteiger partial charge in [0.1, 0.15) is 5.69 Å². The van der Waals surface area contributed by atoms with E-state index in [0.717, 1.165) is 44.5 Å². The van der Waals surface area contributed by atoms with Crippen molar-refractivity contribution >= 4 is 11.3 Å². The van der Waals surface area contributed by atoms with Gasteiger partial charge in [0, 0.05) is 44.1 Å². The van der Waals surface area contributed by atoms with Crippen LogP contribution in [0.25, 0.3) is 0 Å². The summed E-state index contributed by atoms with van der Waals surface area (Å²) in [5.41, 5.74) is 2.38. The van der Waals surface area contributed by atoms with Crippen molar-refractivity contribution in [1.29, 1.82) is 0 Å². The third-order valence-corrected chi connectivity index (χ3v) is 5.37. The molecular weight excluding hydrogens is 296 g/mol. The Bertz CT molecular complexity index is 620. The summed E-state index contributed by atoms with van der Waals surface area (Å²) in [7, 11) is 1.99. The van der Waals surface area contributed by atoms with Crippen molar-refractivity contribution < 1.29 is 4.74 Å². The number of hydrogen-bond acceptors (Lipinski definition) is 5. The lowest BCUT2D eigenvalue weighted by molar-refractivity contribution is 0.0868. The molecule has 2 aliphatic rings. The van der Waals surface area contributed by atoms with Gasteiger partial charge in [-0.25, -0.2) is 0 Å². The molecule has 4 rings (SSSR count). The van der Waals surface area contributed by atoms with Crippen LogP contribution in [0.2, 0.25) is 0 Å². The molecular formula is C16H22N4OS. The van der Waals surface area contributed by atoms with Crippen molar-refractivity contribution in [2.45, 2.75) is 31.8 Å². The summed E-state index contributed by atoms with van der Waals surface area (Å²) >= 11 is 1.82. The van der Waals surface area contributed by atoms with Gasteiger partial charge in [-0.05, 0) is 30.2 Å². The maximum atomic E-state index is 5.97. The zero-order valence-corrected chi connectivity index (χ0v) is 13.8. The Morgan fingerprint density at radius 2 is 2.27 bits per heavy atom. The Morgan fingerprint density at radius 1 is 1.36 bits per heavy atom. The zero-order valence-electron chi connectivity index (χ0n) is 12.9. The molecule has 5 nitrogen and oxygen atoms in total. The highest BCUT2D eigenvalue weighted by molar-refractivity contribution is 7.09. The van der Waals surface area contributed by atoms with E-state index in [0.29, 0.717) is 5.92 Å². The zero-order chi connectivity index (χ0) is 14.9. The summed E-state index contributed by atoms with van der Waals surface area (Å²) < 4.78 is 7.90. The number of fused-ring (bicyclic) bond motifs is 1. The Balaban J connectivity index is 1.46. The fraction of sp³-hybridized carbons (Fsp3) is 0.625. The average Bonchev–Trinajstić information content (AvgIpc) is 3.04. The molecule has 0 N–H and O–H groups in total. The largest absolute Gasteiger partial charge is 0.380 e. The number of aromatic nitrogens is 3. The van der Waals surface area contributed by atoms with Crippen molar-refractivity contribution in [3.8, 4) is 0 Å². The topological polar surface area (TPSA) is 43.2 Å². The monoisotopic (exact) mass is 318 g/mol. The Kier molecular flexibility index (Phi) is 3.98. The molecule has 1 atom stereocenters. The van der Waals surface area contributed by atoms with Gasteiger partial charge in [-0.1, -0.05) is 11.3 Å². The number of thiophene rings is 1. The van der Waals surface area contributed by atoms with Crippen LogP contribution in [0.4, 0.5) is 0 Å². The van der Waals surface area contributed by atoms with Crippen LogP contribution in [-0.4, -0.2) is 39.7 Å². The van der Waals surface area contributed by atoms with Crippen LogP contribution in [0.3, 0.4) is 0 Å². The summed E-state index contributed by atoms with van der Waals surface area (Å²) in [6.45, 7) is 4.61. The third-order valence-electron chi connectivity index (χ3n) is 4.51. The third kappa shape index (κ3) is 3.09. The first-order valence-electron chi connectivity index (χ1n) is 8.00. The number of rotatable bonds is 6. The van der Waals surface area contributed by atoms with E-state index < -0.39 is 0 Å². The first-order chi connectivity index (χ1) is 10.8. The standard InChI is InChI=1S/C16H22N4OS/c1-19-16-13(11-21-10-12-4-5-12)7-20(9-15(16)17-18-19)8-14-3-2-6-22-14/h2-3,6,12-13H,4-5,7-11H2,1H3/t13-/m1/s1. The number of nitrogens with zero attached hydrogens (tertiary/aromatic N) is 4. The molecule has 1 fully saturated rings. The van der Waals surface area contributed by atoms with Crippen LogP contribution in [0.5, 0.6) is 0 Å². The molecule has 0 radical (unpaired) electrons. The molecule has 6 heteroatoms. The van der Waals surface area contributed by atoms with Gasteiger partial charge in [0.25, 0.3) is 0 Å². The second-order valence-corrected chi connectivity index (χ2v) is 7.50. The minimum atomic E-state index is 0.377. The predicted molar refractivity (Wildman–Crippen MR) is 85.7 cm³/mol. The van der Waals surface area contributed by atoms with E-state index in [4.69, 9.17) is 4.74 Å². The first-order valence-corrected chi connectivity index (χ1v) is 8.88. The molecule has 0 spiro atoms. The highest BCUT2D eigenvalue weighted by Crippen LogP contribution is 2.31. The highest BCUT2D eigenvalue weighted by Gasteiger charge is 2.31. The van der Waals surface area contributed by atoms with Crippen molar-refractivity contribution in [2.24, 2.45) is 13.0 Å². The summed E-state index contributed by atoms with van der Waals surface area (Å²) in [6.07, 6.45) is 2.68. The van der Waals surface area contributed by atoms with E-state index in [1.54, 1.807) is 0 Å². The molecule has 3 heterocycles. The Labute approximate surface area is 134 Å². The molecule has 0 bridgehead atoms. The summed E-state index contributed by atoms with van der Waals surface area (Å²) in [6, 6.07) is 4.32. The van der Waals surface area contributed by atoms with E-state index in [-0.39, 0.29) is 0 Å². The molecule has 0 unspecified atom stereocenters. The van der Waals surface area contributed by atoms with Gasteiger partial charge in [-0.2, -0.15) is 0 Å². The quantitative estimate of drug-likeness (QED) is 0.820. The average molecular weight is 318 g/mol. The van der Waals surface area contributed by atoms with Gasteiger partial charge in [0.05, 0.1) is 12.3 Å². The second-order valence-electron chi connectivity index (χ2n) is 6.47. The van der Waals surface area contributed by atoms with E-state index in [9.17, 15) is 0 Å². The molecule has 2 aromatic rings. The summed E-state index contributed by atoms with van der Waals surface area (Å²) in [4.78, 5) is 3.87. The van der Waals surface area contributed by atoms with Crippen LogP contribution in [0, 0.1) is 5.92 Å². The predicted octanol–water partition coefficient (Wildman–Crippen LogP) is 2.40. The van der Waals surface area contributed by atoms with Gasteiger partial charge in [-0.3, -0.25) is 9.58 Å². The SMILES string of the molecule is Cn1nnc2c1[C@@H](COCC1CC1)CN(Cc1cccs1)C2. The van der Waals surface area contributed by atoms with Crippen LogP contribution >= 0.6 is 11.3 Å². The molecule has 118 valence electrons. The van der Waals surface area contributed by atoms with E-state index in [2.05, 4.69) is 32.7 Å². The minimum absolute atomic E-state index is 0.377. The minimum Gasteiger partial charge on any atom is -0.380 e. The van der Waals surface area contributed by atoms with Crippen molar-refractivity contribution in [1.82, 2.24) is 19.9 Å². The van der Waals surface area contributed by atoms with Gasteiger partial charge in [0.2, 0.25) is 0 Å². The number of aryl methyl sites for hydroxylation is 1. The molecule has 2 aromatic heterocycles. The van der Waals surface area contributed by atoms with Gasteiger partial charge >= 0.3 is 0 Å². The lowest BCUT2D eigenvalue weighted by Crippen LogP contribution is -2.35. The summed E-state index contributed by atoms with van der Waals surface area (Å²) in [5.74, 6) is 1.19. The molecule has 1 saturated carbocycles. The maximum Gasteiger partial charge on any atom is 0.100 e. The van der Waals surface area contributed by atoms with Crippen LogP contribution in [0.15, 0.2) is 17.5 Å². The number of hydrogen-bond donors (Lipinski definition) is 0. The smallest absolute Gasteiger partial charge is 0.100 e. The van der Waals surface area contributed by atoms with Gasteiger partial charge in [0.15, 0.2) is 0 Å². The molecule has 0 saturated heterocycles. The molecule has 1 aliphatic heterocycles. The van der Waals surface area contributed by atoms with E-state index in [1.807, 2.05) is 23.1 Å². The normalized spacial score (nSPS) is 22.0. The van der Waals surface area contributed by atoms with Gasteiger partial charge < -0.3 is 4.74 Å². The molecule has 22 heavy (non-hydrogen) atoms. The molecule has 1 aliphatic carbocycles. The van der Waals surface area contributed by atoms with E-state index in [1.165, 1.54) is 23.4 Å². The first kappa shape index (κ1) is 14.4. The van der Waals surface area contributed by atoms with Crippen molar-refractivity contribution in [3.05, 3.63) is 33.8 Å². The van der Waals surface area contributed by atoms with Crippen LogP contribution in [0.1, 0.15) is 35.0 Å². The van der Waals surface area contributed by atoms with Crippen LogP contribution < -0.4 is 0 Å². The molecule has 0 aromatic carbocycles. The lowest BCUT2D eigenvalue weighted by Gasteiger charge is -2.31. The fourth-order valence-corrected chi connectivity index (χ4v) is 3.98. The lowest BCUT2D eigenvalue weighted by atomic mass is 9.99. The van der Waals surface area contributed by atoms with E-state index >= 15 is 0 Å². The highest BCUT2D eigenvalue weighted by atomic mass is 32.1. The second kappa shape index (κ2) is 6.10. The Hall–Kier alpha value is -1.24. The van der Waals surface area contributed by atoms with Crippen LogP contribution in [-0.2, 0) is 24.9 Å². The number of ether oxygens (including phenoxy) is 1. The summed E-state index contributed by atoms with van der Waals surface area (Å²) in [5, 5.41) is 10.7. The van der Waals surface area contributed by atoms with Crippen molar-refractivity contribution in [3.63, 3.8) is 0 Å². The Morgan fingerprint density at radius 3 is 3.05 bits per heavy atom. The van der Waals surface area contributed by atoms with Gasteiger partial charge in [-0.15, -0.1) is 16.4 Å². The van der Waals surface area contributed by atoms with Crippen molar-refractivity contribution in [2.75, 3.05) is 19.8 Å². The molecule has 0 amide bonds. The fourth-order valence-electron chi connectivity index (χ4n) is 3.23. The maximum absolute atomic E-state index is 5.97.